The Labute approximate surface area is 313 Å². The molecule has 0 aromatic rings. The SMILES string of the molecule is C=C1CC2CC[C@@]34C[C@H]5OC6C(O3)[C@H]3OC(CCC3O[C@H]6C5O4)CC(=O)CC3C(CC4OC(CCC1O2)C[C@@H](C)C4=C)OC(CCC(O)CN)[C@@H]3OC. The molecule has 12 nitrogen and oxygen atoms in total. The van der Waals surface area contributed by atoms with Crippen molar-refractivity contribution in [2.24, 2.45) is 17.6 Å². The van der Waals surface area contributed by atoms with Crippen LogP contribution in [0.5, 0.6) is 0 Å². The zero-order valence-corrected chi connectivity index (χ0v) is 31.5. The number of fused-ring (bicyclic) bond motifs is 6. The number of aliphatic hydroxyl groups excluding tert-OH is 1. The number of nitrogens with two attached hydrogens (primary N) is 1. The van der Waals surface area contributed by atoms with Crippen LogP contribution >= 0.6 is 0 Å². The summed E-state index contributed by atoms with van der Waals surface area (Å²) < 4.78 is 60.2. The third-order valence-corrected chi connectivity index (χ3v) is 14.3. The van der Waals surface area contributed by atoms with E-state index in [1.165, 1.54) is 0 Å². The molecule has 3 N–H and O–H groups in total. The molecule has 10 aliphatic heterocycles. The summed E-state index contributed by atoms with van der Waals surface area (Å²) in [7, 11) is 1.69. The van der Waals surface area contributed by atoms with Gasteiger partial charge in [-0.2, -0.15) is 0 Å². The number of Topliss-reactive ketones (excluding diaryl/α,β-unsaturated/α-hetero) is 1. The van der Waals surface area contributed by atoms with Gasteiger partial charge < -0.3 is 53.5 Å². The van der Waals surface area contributed by atoms with Gasteiger partial charge in [0.2, 0.25) is 0 Å². The molecule has 0 radical (unpaired) electrons. The Balaban J connectivity index is 0.986. The Morgan fingerprint density at radius 1 is 0.811 bits per heavy atom. The van der Waals surface area contributed by atoms with Crippen molar-refractivity contribution in [2.45, 2.75) is 200 Å². The normalized spacial score (nSPS) is 51.6. The lowest BCUT2D eigenvalue weighted by molar-refractivity contribution is -0.292. The molecule has 10 fully saturated rings. The minimum atomic E-state index is -0.777. The van der Waals surface area contributed by atoms with Crippen LogP contribution in [0.25, 0.3) is 0 Å². The topological polar surface area (TPSA) is 146 Å². The van der Waals surface area contributed by atoms with Crippen LogP contribution in [0.4, 0.5) is 0 Å². The van der Waals surface area contributed by atoms with E-state index in [2.05, 4.69) is 20.1 Å². The fraction of sp³-hybridized carbons (Fsp3) is 0.878. The molecule has 0 aromatic carbocycles. The van der Waals surface area contributed by atoms with Crippen molar-refractivity contribution in [1.82, 2.24) is 0 Å². The molecule has 53 heavy (non-hydrogen) atoms. The standard InChI is InChI=1S/C41H61NO11/c1-20-13-25-6-9-29-21(2)14-27(46-29)11-12-41-18-34-37(52-41)38-39(51-34)40(53-41)36-31(50-38)10-7-26(48-36)15-24(44)16-28-33(17-32(47-25)22(20)3)49-30(35(28)45-4)8-5-23(43)19-42/h20,23,25-40,43H,2-3,5-19,42H2,1,4H3/t20-,23?,25?,26?,27?,28?,29?,30?,31?,32?,33?,34-,35-,36+,37?,38+,39?,40?,41+/m1/s1. The van der Waals surface area contributed by atoms with Crippen LogP contribution in [0.2, 0.25) is 0 Å². The molecule has 12 bridgehead atoms. The molecule has 1 spiro atoms. The first-order chi connectivity index (χ1) is 25.6. The maximum absolute atomic E-state index is 14.1. The van der Waals surface area contributed by atoms with Crippen LogP contribution in [-0.4, -0.2) is 128 Å². The lowest BCUT2D eigenvalue weighted by atomic mass is 9.81. The van der Waals surface area contributed by atoms with Crippen molar-refractivity contribution in [2.75, 3.05) is 13.7 Å². The molecule has 10 saturated heterocycles. The van der Waals surface area contributed by atoms with Crippen molar-refractivity contribution >= 4 is 5.78 Å². The van der Waals surface area contributed by atoms with Crippen LogP contribution in [0.1, 0.15) is 96.8 Å². The van der Waals surface area contributed by atoms with Gasteiger partial charge in [0.15, 0.2) is 5.79 Å². The highest BCUT2D eigenvalue weighted by Gasteiger charge is 2.68. The number of ketones is 1. The molecule has 19 atom stereocenters. The molecular formula is C41H61NO11. The Morgan fingerprint density at radius 3 is 2.40 bits per heavy atom. The molecule has 10 rings (SSSR count). The van der Waals surface area contributed by atoms with Crippen LogP contribution in [0.3, 0.4) is 0 Å². The van der Waals surface area contributed by atoms with E-state index < -0.39 is 11.9 Å². The Kier molecular flexibility index (Phi) is 10.5. The second-order valence-corrected chi connectivity index (χ2v) is 17.8. The fourth-order valence-corrected chi connectivity index (χ4v) is 11.4. The number of hydrogen-bond donors (Lipinski definition) is 2. The van der Waals surface area contributed by atoms with Crippen LogP contribution in [0, 0.1) is 11.8 Å². The summed E-state index contributed by atoms with van der Waals surface area (Å²) in [5.41, 5.74) is 7.96. The molecule has 12 heteroatoms. The first-order valence-electron chi connectivity index (χ1n) is 20.7. The summed E-state index contributed by atoms with van der Waals surface area (Å²) >= 11 is 0. The predicted molar refractivity (Wildman–Crippen MR) is 191 cm³/mol. The third kappa shape index (κ3) is 7.04. The second kappa shape index (κ2) is 14.9. The highest BCUT2D eigenvalue weighted by molar-refractivity contribution is 5.79. The molecule has 13 unspecified atom stereocenters. The molecule has 0 aliphatic carbocycles. The number of aliphatic hydroxyl groups is 1. The molecule has 0 saturated carbocycles. The summed E-state index contributed by atoms with van der Waals surface area (Å²) in [5, 5.41) is 10.3. The zero-order valence-electron chi connectivity index (χ0n) is 31.5. The van der Waals surface area contributed by atoms with E-state index in [1.54, 1.807) is 7.11 Å². The van der Waals surface area contributed by atoms with E-state index in [1.807, 2.05) is 0 Å². The molecule has 0 aromatic heterocycles. The van der Waals surface area contributed by atoms with Gasteiger partial charge in [-0.15, -0.1) is 0 Å². The average molecular weight is 744 g/mol. The molecular weight excluding hydrogens is 682 g/mol. The fourth-order valence-electron chi connectivity index (χ4n) is 11.4. The molecule has 0 amide bonds. The van der Waals surface area contributed by atoms with Crippen LogP contribution < -0.4 is 5.73 Å². The van der Waals surface area contributed by atoms with E-state index in [0.717, 1.165) is 56.1 Å². The lowest BCUT2D eigenvalue weighted by Crippen LogP contribution is -2.61. The minimum Gasteiger partial charge on any atom is -0.392 e. The Bertz CT molecular complexity index is 1400. The van der Waals surface area contributed by atoms with Gasteiger partial charge in [0.1, 0.15) is 36.3 Å². The predicted octanol–water partition coefficient (Wildman–Crippen LogP) is 3.83. The maximum Gasteiger partial charge on any atom is 0.172 e. The van der Waals surface area contributed by atoms with E-state index in [-0.39, 0.29) is 110 Å². The number of carbonyl (C=O) groups excluding carboxylic acids is 1. The highest BCUT2D eigenvalue weighted by atomic mass is 16.8. The van der Waals surface area contributed by atoms with Crippen LogP contribution in [0.15, 0.2) is 24.3 Å². The third-order valence-electron chi connectivity index (χ3n) is 14.3. The number of rotatable bonds is 5. The van der Waals surface area contributed by atoms with Crippen molar-refractivity contribution in [3.8, 4) is 0 Å². The van der Waals surface area contributed by atoms with Crippen molar-refractivity contribution in [1.29, 1.82) is 0 Å². The first-order valence-corrected chi connectivity index (χ1v) is 20.7. The monoisotopic (exact) mass is 743 g/mol. The van der Waals surface area contributed by atoms with Gasteiger partial charge in [-0.05, 0) is 74.9 Å². The van der Waals surface area contributed by atoms with E-state index >= 15 is 0 Å². The summed E-state index contributed by atoms with van der Waals surface area (Å²) in [6.45, 7) is 11.4. The van der Waals surface area contributed by atoms with Gasteiger partial charge in [-0.25, -0.2) is 0 Å². The van der Waals surface area contributed by atoms with E-state index in [0.29, 0.717) is 50.9 Å². The first kappa shape index (κ1) is 37.3. The number of hydrogen-bond acceptors (Lipinski definition) is 12. The highest BCUT2D eigenvalue weighted by Crippen LogP contribution is 2.54. The largest absolute Gasteiger partial charge is 0.392 e. The smallest absolute Gasteiger partial charge is 0.172 e. The van der Waals surface area contributed by atoms with Gasteiger partial charge in [0.25, 0.3) is 0 Å². The van der Waals surface area contributed by atoms with E-state index in [9.17, 15) is 9.90 Å². The van der Waals surface area contributed by atoms with Crippen molar-refractivity contribution in [3.05, 3.63) is 24.3 Å². The van der Waals surface area contributed by atoms with Crippen molar-refractivity contribution < 1.29 is 52.5 Å². The summed E-state index contributed by atoms with van der Waals surface area (Å²) in [5.74, 6) is -0.544. The van der Waals surface area contributed by atoms with Gasteiger partial charge in [0, 0.05) is 51.7 Å². The summed E-state index contributed by atoms with van der Waals surface area (Å²) in [4.78, 5) is 14.1. The summed E-state index contributed by atoms with van der Waals surface area (Å²) in [6, 6.07) is 0. The van der Waals surface area contributed by atoms with Gasteiger partial charge >= 0.3 is 0 Å². The molecule has 10 aliphatic rings. The minimum absolute atomic E-state index is 0.0112. The van der Waals surface area contributed by atoms with Gasteiger partial charge in [-0.3, -0.25) is 4.79 Å². The lowest BCUT2D eigenvalue weighted by Gasteiger charge is -2.47. The molecule has 10 heterocycles. The maximum atomic E-state index is 14.1. The van der Waals surface area contributed by atoms with Gasteiger partial charge in [-0.1, -0.05) is 20.1 Å². The zero-order chi connectivity index (χ0) is 36.6. The van der Waals surface area contributed by atoms with Crippen LogP contribution in [-0.2, 0) is 47.4 Å². The molecule has 296 valence electrons. The average Bonchev–Trinajstić information content (AvgIpc) is 3.82. The number of methoxy groups -OCH3 is 1. The Morgan fingerprint density at radius 2 is 1.57 bits per heavy atom. The van der Waals surface area contributed by atoms with Crippen molar-refractivity contribution in [3.63, 3.8) is 0 Å². The second-order valence-electron chi connectivity index (χ2n) is 17.8. The number of ether oxygens (including phenoxy) is 9. The summed E-state index contributed by atoms with van der Waals surface area (Å²) in [6.07, 6.45) is 6.14. The quantitative estimate of drug-likeness (QED) is 0.395. The number of carbonyl (C=O) groups is 1. The van der Waals surface area contributed by atoms with E-state index in [4.69, 9.17) is 48.4 Å². The Hall–Kier alpha value is -1.29. The van der Waals surface area contributed by atoms with Gasteiger partial charge in [0.05, 0.1) is 67.1 Å².